The molecule has 0 aromatic heterocycles. The van der Waals surface area contributed by atoms with Crippen molar-refractivity contribution in [2.45, 2.75) is 32.5 Å². The van der Waals surface area contributed by atoms with Gasteiger partial charge in [0.15, 0.2) is 0 Å². The number of hydrogen-bond acceptors (Lipinski definition) is 5. The molecule has 0 aliphatic carbocycles. The number of rotatable bonds is 10. The van der Waals surface area contributed by atoms with E-state index in [1.54, 1.807) is 12.1 Å². The molecule has 0 heterocycles. The van der Waals surface area contributed by atoms with Crippen molar-refractivity contribution in [1.82, 2.24) is 5.32 Å². The Morgan fingerprint density at radius 3 is 2.37 bits per heavy atom. The van der Waals surface area contributed by atoms with Gasteiger partial charge in [-0.25, -0.2) is 4.39 Å². The van der Waals surface area contributed by atoms with Gasteiger partial charge in [-0.15, -0.1) is 0 Å². The number of aliphatic hydroxyl groups excluding tert-OH is 1. The van der Waals surface area contributed by atoms with E-state index in [1.165, 1.54) is 24.3 Å². The molecule has 0 saturated heterocycles. The second-order valence-corrected chi connectivity index (χ2v) is 9.51. The predicted octanol–water partition coefficient (Wildman–Crippen LogP) is 6.29. The Hall–Kier alpha value is -4.95. The highest BCUT2D eigenvalue weighted by Gasteiger charge is 2.30. The van der Waals surface area contributed by atoms with Crippen molar-refractivity contribution in [2.24, 2.45) is 10.7 Å². The number of halogens is 4. The van der Waals surface area contributed by atoms with Crippen molar-refractivity contribution in [3.05, 3.63) is 118 Å². The highest BCUT2D eigenvalue weighted by Crippen LogP contribution is 2.31. The predicted molar refractivity (Wildman–Crippen MR) is 158 cm³/mol. The molecule has 0 aliphatic rings. The van der Waals surface area contributed by atoms with Crippen LogP contribution in [0.1, 0.15) is 52.1 Å². The molecule has 3 aromatic carbocycles. The molecule has 1 atom stereocenters. The number of anilines is 1. The summed E-state index contributed by atoms with van der Waals surface area (Å²) in [6.45, 7) is 4.21. The van der Waals surface area contributed by atoms with Gasteiger partial charge in [0.05, 0.1) is 11.3 Å². The lowest BCUT2D eigenvalue weighted by atomic mass is 10.0. The Balaban J connectivity index is 1.78. The molecule has 1 unspecified atom stereocenters. The number of amidine groups is 1. The number of carbonyl (C=O) groups is 1. The molecule has 0 spiro atoms. The normalized spacial score (nSPS) is 13.3. The lowest BCUT2D eigenvalue weighted by molar-refractivity contribution is -0.137. The molecule has 11 heteroatoms. The van der Waals surface area contributed by atoms with E-state index in [0.717, 1.165) is 35.4 Å². The second-order valence-electron chi connectivity index (χ2n) is 9.51. The van der Waals surface area contributed by atoms with Crippen molar-refractivity contribution in [3.63, 3.8) is 0 Å². The first-order valence-electron chi connectivity index (χ1n) is 13.3. The SMILES string of the molecule is C/C=C\c1ccc(C(=O)NCCCN=C(Nc2ccc(F)cc2)C(C#N)=C(N)C(O)c2ccc(C(F)(F)F)cc2)cc1C. The van der Waals surface area contributed by atoms with Gasteiger partial charge in [-0.3, -0.25) is 9.79 Å². The topological polar surface area (TPSA) is 124 Å². The first kappa shape index (κ1) is 32.6. The zero-order valence-corrected chi connectivity index (χ0v) is 23.5. The molecule has 1 amide bonds. The molecule has 0 fully saturated rings. The lowest BCUT2D eigenvalue weighted by Crippen LogP contribution is -2.25. The summed E-state index contributed by atoms with van der Waals surface area (Å²) >= 11 is 0. The van der Waals surface area contributed by atoms with Gasteiger partial charge in [-0.1, -0.05) is 30.4 Å². The zero-order valence-electron chi connectivity index (χ0n) is 23.5. The third-order valence-electron chi connectivity index (χ3n) is 6.36. The largest absolute Gasteiger partial charge is 0.416 e. The van der Waals surface area contributed by atoms with Crippen LogP contribution in [0.25, 0.3) is 6.08 Å². The number of nitriles is 1. The monoisotopic (exact) mass is 593 g/mol. The number of allylic oxidation sites excluding steroid dienone is 1. The molecule has 3 rings (SSSR count). The van der Waals surface area contributed by atoms with Crippen LogP contribution in [0.5, 0.6) is 0 Å². The number of benzene rings is 3. The minimum absolute atomic E-state index is 0.0380. The molecule has 0 aliphatic heterocycles. The number of aryl methyl sites for hydroxylation is 1. The highest BCUT2D eigenvalue weighted by atomic mass is 19.4. The van der Waals surface area contributed by atoms with Crippen molar-refractivity contribution in [3.8, 4) is 6.07 Å². The Kier molecular flexibility index (Phi) is 11.2. The van der Waals surface area contributed by atoms with E-state index in [1.807, 2.05) is 38.1 Å². The summed E-state index contributed by atoms with van der Waals surface area (Å²) in [4.78, 5) is 17.0. The van der Waals surface area contributed by atoms with Crippen LogP contribution in [0.4, 0.5) is 23.2 Å². The Labute approximate surface area is 247 Å². The summed E-state index contributed by atoms with van der Waals surface area (Å²) < 4.78 is 52.3. The van der Waals surface area contributed by atoms with E-state index in [2.05, 4.69) is 15.6 Å². The van der Waals surface area contributed by atoms with Gasteiger partial charge in [0.25, 0.3) is 5.91 Å². The van der Waals surface area contributed by atoms with E-state index in [0.29, 0.717) is 17.7 Å². The van der Waals surface area contributed by atoms with Gasteiger partial charge >= 0.3 is 6.18 Å². The van der Waals surface area contributed by atoms with Crippen molar-refractivity contribution >= 4 is 23.5 Å². The summed E-state index contributed by atoms with van der Waals surface area (Å²) in [6, 6.07) is 16.2. The first-order valence-corrected chi connectivity index (χ1v) is 13.3. The van der Waals surface area contributed by atoms with Gasteiger partial charge < -0.3 is 21.5 Å². The molecule has 7 nitrogen and oxygen atoms in total. The van der Waals surface area contributed by atoms with Gasteiger partial charge in [0.1, 0.15) is 29.4 Å². The zero-order chi connectivity index (χ0) is 31.6. The van der Waals surface area contributed by atoms with E-state index >= 15 is 0 Å². The van der Waals surface area contributed by atoms with Gasteiger partial charge in [0, 0.05) is 24.3 Å². The minimum Gasteiger partial charge on any atom is -0.398 e. The molecule has 5 N–H and O–H groups in total. The fourth-order valence-electron chi connectivity index (χ4n) is 4.03. The Morgan fingerprint density at radius 2 is 1.79 bits per heavy atom. The minimum atomic E-state index is -4.56. The Morgan fingerprint density at radius 1 is 1.12 bits per heavy atom. The second kappa shape index (κ2) is 14.8. The average Bonchev–Trinajstić information content (AvgIpc) is 2.98. The maximum Gasteiger partial charge on any atom is 0.416 e. The number of hydrogen-bond donors (Lipinski definition) is 4. The fourth-order valence-corrected chi connectivity index (χ4v) is 4.03. The van der Waals surface area contributed by atoms with E-state index in [-0.39, 0.29) is 41.7 Å². The van der Waals surface area contributed by atoms with Crippen molar-refractivity contribution in [2.75, 3.05) is 18.4 Å². The molecule has 43 heavy (non-hydrogen) atoms. The number of aliphatic imine (C=N–C) groups is 1. The summed E-state index contributed by atoms with van der Waals surface area (Å²) in [7, 11) is 0. The number of aliphatic hydroxyl groups is 1. The number of nitrogens with two attached hydrogens (primary N) is 1. The van der Waals surface area contributed by atoms with Gasteiger partial charge in [-0.2, -0.15) is 18.4 Å². The van der Waals surface area contributed by atoms with Crippen LogP contribution in [0.3, 0.4) is 0 Å². The Bertz CT molecular complexity index is 1550. The van der Waals surface area contributed by atoms with Crippen molar-refractivity contribution in [1.29, 1.82) is 5.26 Å². The van der Waals surface area contributed by atoms with Crippen LogP contribution in [0.15, 0.2) is 89.1 Å². The summed E-state index contributed by atoms with van der Waals surface area (Å²) in [5, 5.41) is 26.4. The van der Waals surface area contributed by atoms with Crippen molar-refractivity contribution < 1.29 is 27.5 Å². The molecule has 0 radical (unpaired) electrons. The summed E-state index contributed by atoms with van der Waals surface area (Å²) in [6.07, 6.45) is -1.93. The maximum atomic E-state index is 13.4. The third-order valence-corrected chi connectivity index (χ3v) is 6.36. The number of nitrogens with zero attached hydrogens (tertiary/aromatic N) is 2. The van der Waals surface area contributed by atoms with Crippen LogP contribution in [0.2, 0.25) is 0 Å². The van der Waals surface area contributed by atoms with Gasteiger partial charge in [-0.05, 0) is 85.5 Å². The smallest absolute Gasteiger partial charge is 0.398 e. The molecular weight excluding hydrogens is 562 g/mol. The lowest BCUT2D eigenvalue weighted by Gasteiger charge is -2.17. The van der Waals surface area contributed by atoms with Crippen LogP contribution in [-0.2, 0) is 6.18 Å². The standard InChI is InChI=1S/C32H31F4N5O2/c1-3-5-21-6-7-23(18-20(21)2)31(43)40-17-4-16-39-30(41-26-14-12-25(33)13-15-26)27(19-37)28(38)29(42)22-8-10-24(11-9-22)32(34,35)36/h3,5-15,18,29,42H,4,16-17,38H2,1-2H3,(H,39,41)(H,40,43)/b5-3-,28-27?. The van der Waals surface area contributed by atoms with Crippen LogP contribution in [-0.4, -0.2) is 29.9 Å². The summed E-state index contributed by atoms with van der Waals surface area (Å²) in [5.41, 5.74) is 7.51. The molecular formula is C32H31F4N5O2. The van der Waals surface area contributed by atoms with Crippen LogP contribution in [0, 0.1) is 24.1 Å². The number of amides is 1. The number of carbonyl (C=O) groups excluding carboxylic acids is 1. The summed E-state index contributed by atoms with van der Waals surface area (Å²) in [5.74, 6) is -0.788. The number of nitrogens with one attached hydrogen (secondary N) is 2. The first-order chi connectivity index (χ1) is 20.4. The molecule has 0 saturated carbocycles. The average molecular weight is 594 g/mol. The molecule has 3 aromatic rings. The quantitative estimate of drug-likeness (QED) is 0.0724. The van der Waals surface area contributed by atoms with E-state index in [4.69, 9.17) is 5.73 Å². The molecule has 224 valence electrons. The van der Waals surface area contributed by atoms with Crippen LogP contribution >= 0.6 is 0 Å². The fraction of sp³-hybridized carbons (Fsp3) is 0.219. The highest BCUT2D eigenvalue weighted by molar-refractivity contribution is 6.11. The maximum absolute atomic E-state index is 13.4. The van der Waals surface area contributed by atoms with E-state index < -0.39 is 23.7 Å². The molecule has 0 bridgehead atoms. The number of alkyl halides is 3. The van der Waals surface area contributed by atoms with E-state index in [9.17, 15) is 32.7 Å². The third kappa shape index (κ3) is 9.02. The van der Waals surface area contributed by atoms with Crippen LogP contribution < -0.4 is 16.4 Å². The van der Waals surface area contributed by atoms with Gasteiger partial charge in [0.2, 0.25) is 0 Å².